The monoisotopic (exact) mass is 587 g/mol. The lowest BCUT2D eigenvalue weighted by Gasteiger charge is -2.29. The molecule has 2 bridgehead atoms. The highest BCUT2D eigenvalue weighted by Crippen LogP contribution is 2.54. The molecule has 5 aromatic rings. The molecule has 5 aromatic carbocycles. The number of nitrogens with zero attached hydrogens (tertiary/aromatic N) is 1. The van der Waals surface area contributed by atoms with E-state index in [0.717, 1.165) is 17.8 Å². The van der Waals surface area contributed by atoms with Gasteiger partial charge in [0.15, 0.2) is 0 Å². The van der Waals surface area contributed by atoms with Crippen molar-refractivity contribution in [1.82, 2.24) is 0 Å². The van der Waals surface area contributed by atoms with E-state index in [1.165, 1.54) is 113 Å². The molecule has 0 heterocycles. The van der Waals surface area contributed by atoms with Crippen molar-refractivity contribution >= 4 is 27.8 Å². The molecule has 0 saturated heterocycles. The predicted octanol–water partition coefficient (Wildman–Crippen LogP) is 12.6. The van der Waals surface area contributed by atoms with Gasteiger partial charge in [0, 0.05) is 22.5 Å². The number of rotatable bonds is 5. The summed E-state index contributed by atoms with van der Waals surface area (Å²) in [6, 6.07) is 40.2. The van der Waals surface area contributed by atoms with Gasteiger partial charge in [0.05, 0.1) is 0 Å². The maximum atomic E-state index is 2.51. The lowest BCUT2D eigenvalue weighted by molar-refractivity contribution is 0.420. The largest absolute Gasteiger partial charge is 0.310 e. The summed E-state index contributed by atoms with van der Waals surface area (Å²) in [7, 11) is 0. The molecule has 3 unspecified atom stereocenters. The molecule has 3 saturated carbocycles. The van der Waals surface area contributed by atoms with Crippen LogP contribution < -0.4 is 4.90 Å². The fraction of sp³-hybridized carbons (Fsp3) is 0.364. The summed E-state index contributed by atoms with van der Waals surface area (Å²) in [5.74, 6) is 3.33. The van der Waals surface area contributed by atoms with Crippen LogP contribution in [0, 0.1) is 11.8 Å². The van der Waals surface area contributed by atoms with Crippen LogP contribution in [-0.2, 0) is 5.41 Å². The minimum atomic E-state index is -0.0302. The van der Waals surface area contributed by atoms with Crippen LogP contribution in [0.25, 0.3) is 21.9 Å². The number of hydrogen-bond donors (Lipinski definition) is 0. The number of hydrogen-bond acceptors (Lipinski definition) is 1. The second-order valence-electron chi connectivity index (χ2n) is 15.2. The molecule has 45 heavy (non-hydrogen) atoms. The normalized spacial score (nSPS) is 23.3. The second kappa shape index (κ2) is 10.6. The molecule has 0 aromatic heterocycles. The van der Waals surface area contributed by atoms with E-state index in [2.05, 4.69) is 122 Å². The summed E-state index contributed by atoms with van der Waals surface area (Å²) in [5, 5.41) is 2.68. The minimum absolute atomic E-state index is 0.0302. The topological polar surface area (TPSA) is 3.24 Å². The Labute approximate surface area is 269 Å². The zero-order valence-electron chi connectivity index (χ0n) is 26.9. The average Bonchev–Trinajstić information content (AvgIpc) is 3.78. The second-order valence-corrected chi connectivity index (χ2v) is 15.2. The Kier molecular flexibility index (Phi) is 6.48. The van der Waals surface area contributed by atoms with Gasteiger partial charge in [-0.2, -0.15) is 0 Å². The highest BCUT2D eigenvalue weighted by molar-refractivity contribution is 5.91. The summed E-state index contributed by atoms with van der Waals surface area (Å²) >= 11 is 0. The standard InChI is InChI=1S/C44H45N/c1-44(2)42-11-7-6-10-39(42)40-23-22-38(28-43(40)44)45(36-19-17-32(18-20-36)41-25-29-12-13-34(41)24-29)37-21-16-31-14-15-33(26-35(31)27-37)30-8-4-3-5-9-30/h6-7,10-11,14-23,26-30,34,41H,3-5,8-9,12-13,24-25H2,1-2H3. The molecule has 0 aliphatic heterocycles. The quantitative estimate of drug-likeness (QED) is 0.198. The molecule has 0 radical (unpaired) electrons. The van der Waals surface area contributed by atoms with Crippen molar-refractivity contribution in [1.29, 1.82) is 0 Å². The molecular weight excluding hydrogens is 542 g/mol. The summed E-state index contributed by atoms with van der Waals surface area (Å²) in [4.78, 5) is 2.51. The third-order valence-corrected chi connectivity index (χ3v) is 12.3. The van der Waals surface area contributed by atoms with Crippen LogP contribution in [0.2, 0.25) is 0 Å². The van der Waals surface area contributed by atoms with Crippen molar-refractivity contribution in [3.05, 3.63) is 125 Å². The molecule has 0 N–H and O–H groups in total. The van der Waals surface area contributed by atoms with E-state index in [4.69, 9.17) is 0 Å². The van der Waals surface area contributed by atoms with Gasteiger partial charge < -0.3 is 4.90 Å². The molecule has 0 spiro atoms. The van der Waals surface area contributed by atoms with Crippen LogP contribution in [0.1, 0.15) is 106 Å². The zero-order chi connectivity index (χ0) is 30.1. The Morgan fingerprint density at radius 1 is 0.556 bits per heavy atom. The first-order valence-electron chi connectivity index (χ1n) is 17.7. The van der Waals surface area contributed by atoms with Gasteiger partial charge in [0.2, 0.25) is 0 Å². The van der Waals surface area contributed by atoms with Gasteiger partial charge in [0.25, 0.3) is 0 Å². The van der Waals surface area contributed by atoms with Crippen LogP contribution in [0.4, 0.5) is 17.1 Å². The lowest BCUT2D eigenvalue weighted by Crippen LogP contribution is -2.16. The van der Waals surface area contributed by atoms with Crippen LogP contribution in [-0.4, -0.2) is 0 Å². The molecule has 0 amide bonds. The van der Waals surface area contributed by atoms with E-state index in [1.807, 2.05) is 0 Å². The Balaban J connectivity index is 1.15. The lowest BCUT2D eigenvalue weighted by atomic mass is 9.82. The number of fused-ring (bicyclic) bond motifs is 6. The van der Waals surface area contributed by atoms with Gasteiger partial charge in [0.1, 0.15) is 0 Å². The Hall–Kier alpha value is -3.84. The van der Waals surface area contributed by atoms with Gasteiger partial charge in [-0.1, -0.05) is 106 Å². The van der Waals surface area contributed by atoms with Crippen LogP contribution in [0.5, 0.6) is 0 Å². The van der Waals surface area contributed by atoms with E-state index >= 15 is 0 Å². The van der Waals surface area contributed by atoms with E-state index in [1.54, 1.807) is 5.56 Å². The fourth-order valence-corrected chi connectivity index (χ4v) is 9.88. The van der Waals surface area contributed by atoms with Crippen molar-refractivity contribution in [2.75, 3.05) is 4.90 Å². The molecule has 3 fully saturated rings. The van der Waals surface area contributed by atoms with Gasteiger partial charge in [-0.25, -0.2) is 0 Å². The Bertz CT molecular complexity index is 1890. The van der Waals surface area contributed by atoms with Crippen molar-refractivity contribution < 1.29 is 0 Å². The molecule has 226 valence electrons. The molecule has 9 rings (SSSR count). The molecule has 1 heteroatoms. The van der Waals surface area contributed by atoms with Crippen molar-refractivity contribution in [3.8, 4) is 11.1 Å². The Morgan fingerprint density at radius 2 is 1.27 bits per heavy atom. The third kappa shape index (κ3) is 4.57. The summed E-state index contributed by atoms with van der Waals surface area (Å²) in [6.45, 7) is 4.78. The van der Waals surface area contributed by atoms with Crippen molar-refractivity contribution in [3.63, 3.8) is 0 Å². The molecule has 4 aliphatic carbocycles. The van der Waals surface area contributed by atoms with Gasteiger partial charge >= 0.3 is 0 Å². The van der Waals surface area contributed by atoms with E-state index in [0.29, 0.717) is 5.92 Å². The van der Waals surface area contributed by atoms with E-state index < -0.39 is 0 Å². The highest BCUT2D eigenvalue weighted by atomic mass is 15.1. The maximum Gasteiger partial charge on any atom is 0.0468 e. The number of anilines is 3. The first-order chi connectivity index (χ1) is 22.0. The van der Waals surface area contributed by atoms with E-state index in [-0.39, 0.29) is 5.41 Å². The fourth-order valence-electron chi connectivity index (χ4n) is 9.88. The first kappa shape index (κ1) is 27.5. The molecule has 4 aliphatic rings. The van der Waals surface area contributed by atoms with Crippen molar-refractivity contribution in [2.24, 2.45) is 11.8 Å². The predicted molar refractivity (Wildman–Crippen MR) is 190 cm³/mol. The highest BCUT2D eigenvalue weighted by Gasteiger charge is 2.40. The summed E-state index contributed by atoms with van der Waals surface area (Å²) in [6.07, 6.45) is 12.5. The SMILES string of the molecule is CC1(C)c2ccccc2-c2ccc(N(c3ccc(C4CC5CCC4C5)cc3)c3ccc4ccc(C5CCCCC5)cc4c3)cc21. The minimum Gasteiger partial charge on any atom is -0.310 e. The van der Waals surface area contributed by atoms with Gasteiger partial charge in [-0.3, -0.25) is 0 Å². The number of benzene rings is 5. The van der Waals surface area contributed by atoms with Crippen LogP contribution in [0.3, 0.4) is 0 Å². The maximum absolute atomic E-state index is 2.51. The van der Waals surface area contributed by atoms with Crippen LogP contribution >= 0.6 is 0 Å². The zero-order valence-corrected chi connectivity index (χ0v) is 26.9. The summed E-state index contributed by atoms with van der Waals surface area (Å²) in [5.41, 5.74) is 12.4. The first-order valence-corrected chi connectivity index (χ1v) is 17.7. The van der Waals surface area contributed by atoms with Gasteiger partial charge in [-0.15, -0.1) is 0 Å². The average molecular weight is 588 g/mol. The molecule has 1 nitrogen and oxygen atoms in total. The van der Waals surface area contributed by atoms with Gasteiger partial charge in [-0.05, 0) is 136 Å². The Morgan fingerprint density at radius 3 is 2.07 bits per heavy atom. The molecule has 3 atom stereocenters. The van der Waals surface area contributed by atoms with Crippen molar-refractivity contribution in [2.45, 2.75) is 88.9 Å². The van der Waals surface area contributed by atoms with E-state index in [9.17, 15) is 0 Å². The summed E-state index contributed by atoms with van der Waals surface area (Å²) < 4.78 is 0. The van der Waals surface area contributed by atoms with Crippen LogP contribution in [0.15, 0.2) is 103 Å². The smallest absolute Gasteiger partial charge is 0.0468 e. The third-order valence-electron chi connectivity index (χ3n) is 12.3. The molecular formula is C44H45N.